The van der Waals surface area contributed by atoms with Crippen molar-refractivity contribution in [3.63, 3.8) is 0 Å². The highest BCUT2D eigenvalue weighted by Crippen LogP contribution is 2.48. The van der Waals surface area contributed by atoms with Crippen molar-refractivity contribution < 1.29 is 0 Å². The second-order valence-electron chi connectivity index (χ2n) is 6.53. The van der Waals surface area contributed by atoms with Gasteiger partial charge in [-0.2, -0.15) is 0 Å². The monoisotopic (exact) mass is 247 g/mol. The normalized spacial score (nSPS) is 30.5. The Balaban J connectivity index is 1.54. The molecule has 3 heteroatoms. The summed E-state index contributed by atoms with van der Waals surface area (Å²) in [5.41, 5.74) is 1.17. The molecule has 2 aliphatic carbocycles. The minimum absolute atomic E-state index is 0.528. The maximum atomic E-state index is 4.49. The fraction of sp³-hybridized carbons (Fsp3) is 0.800. The van der Waals surface area contributed by atoms with E-state index < -0.39 is 0 Å². The van der Waals surface area contributed by atoms with E-state index in [2.05, 4.69) is 34.9 Å². The minimum atomic E-state index is 0.528. The summed E-state index contributed by atoms with van der Waals surface area (Å²) in [6.45, 7) is 6.43. The molecule has 0 spiro atoms. The average Bonchev–Trinajstić information content (AvgIpc) is 3.02. The predicted octanol–water partition coefficient (Wildman–Crippen LogP) is 2.82. The summed E-state index contributed by atoms with van der Waals surface area (Å²) in [6.07, 6.45) is 10.2. The molecule has 2 bridgehead atoms. The first-order valence-corrected chi connectivity index (χ1v) is 7.44. The van der Waals surface area contributed by atoms with E-state index in [4.69, 9.17) is 0 Å². The number of imidazole rings is 1. The van der Waals surface area contributed by atoms with Gasteiger partial charge in [0.25, 0.3) is 0 Å². The highest BCUT2D eigenvalue weighted by Gasteiger charge is 2.39. The van der Waals surface area contributed by atoms with E-state index in [9.17, 15) is 0 Å². The van der Waals surface area contributed by atoms with Gasteiger partial charge in [0.2, 0.25) is 0 Å². The quantitative estimate of drug-likeness (QED) is 0.867. The van der Waals surface area contributed by atoms with Crippen LogP contribution in [0.5, 0.6) is 0 Å². The lowest BCUT2D eigenvalue weighted by Crippen LogP contribution is -2.22. The lowest BCUT2D eigenvalue weighted by atomic mass is 9.89. The molecule has 3 unspecified atom stereocenters. The van der Waals surface area contributed by atoms with Crippen molar-refractivity contribution in [2.45, 2.75) is 58.7 Å². The van der Waals surface area contributed by atoms with Crippen LogP contribution in [-0.2, 0) is 13.1 Å². The molecule has 18 heavy (non-hydrogen) atoms. The van der Waals surface area contributed by atoms with Crippen LogP contribution in [-0.4, -0.2) is 15.6 Å². The largest absolute Gasteiger partial charge is 0.337 e. The van der Waals surface area contributed by atoms with Crippen LogP contribution in [0.1, 0.15) is 45.2 Å². The van der Waals surface area contributed by atoms with Gasteiger partial charge in [-0.25, -0.2) is 4.98 Å². The second kappa shape index (κ2) is 5.04. The van der Waals surface area contributed by atoms with Crippen molar-refractivity contribution in [3.05, 3.63) is 18.2 Å². The Kier molecular flexibility index (Phi) is 3.42. The van der Waals surface area contributed by atoms with Crippen molar-refractivity contribution in [1.29, 1.82) is 0 Å². The van der Waals surface area contributed by atoms with Crippen LogP contribution in [0, 0.1) is 17.8 Å². The number of nitrogens with zero attached hydrogens (tertiary/aromatic N) is 2. The number of rotatable bonds is 5. The van der Waals surface area contributed by atoms with E-state index in [-0.39, 0.29) is 0 Å². The fourth-order valence-corrected chi connectivity index (χ4v) is 3.78. The molecular formula is C15H25N3. The molecule has 2 fully saturated rings. The zero-order valence-electron chi connectivity index (χ0n) is 11.6. The van der Waals surface area contributed by atoms with Gasteiger partial charge in [-0.1, -0.05) is 20.3 Å². The molecule has 0 aromatic carbocycles. The zero-order valence-corrected chi connectivity index (χ0v) is 11.6. The van der Waals surface area contributed by atoms with E-state index in [0.717, 1.165) is 24.3 Å². The zero-order chi connectivity index (χ0) is 12.5. The van der Waals surface area contributed by atoms with Gasteiger partial charge in [0.05, 0.1) is 12.0 Å². The lowest BCUT2D eigenvalue weighted by molar-refractivity contribution is 0.295. The van der Waals surface area contributed by atoms with Gasteiger partial charge in [0.1, 0.15) is 0 Å². The summed E-state index contributed by atoms with van der Waals surface area (Å²) in [6, 6.07) is 0.528. The smallest absolute Gasteiger partial charge is 0.0950 e. The van der Waals surface area contributed by atoms with Gasteiger partial charge in [-0.05, 0) is 37.0 Å². The summed E-state index contributed by atoms with van der Waals surface area (Å²) in [7, 11) is 0. The molecule has 2 saturated carbocycles. The van der Waals surface area contributed by atoms with Gasteiger partial charge < -0.3 is 9.88 Å². The van der Waals surface area contributed by atoms with Gasteiger partial charge in [0, 0.05) is 25.3 Å². The molecule has 1 aromatic rings. The van der Waals surface area contributed by atoms with Crippen LogP contribution in [0.4, 0.5) is 0 Å². The third-order valence-corrected chi connectivity index (χ3v) is 4.71. The SMILES string of the molecule is CC(C)NCc1cn(CC2CC3CCC2C3)cn1. The van der Waals surface area contributed by atoms with Crippen LogP contribution in [0.25, 0.3) is 0 Å². The van der Waals surface area contributed by atoms with Gasteiger partial charge in [-0.3, -0.25) is 0 Å². The average molecular weight is 247 g/mol. The van der Waals surface area contributed by atoms with Crippen LogP contribution in [0.2, 0.25) is 0 Å². The third kappa shape index (κ3) is 2.61. The Bertz CT molecular complexity index is 396. The number of hydrogen-bond acceptors (Lipinski definition) is 2. The molecular weight excluding hydrogens is 222 g/mol. The maximum Gasteiger partial charge on any atom is 0.0950 e. The van der Waals surface area contributed by atoms with Crippen LogP contribution in [0.15, 0.2) is 12.5 Å². The summed E-state index contributed by atoms with van der Waals surface area (Å²) < 4.78 is 2.31. The lowest BCUT2D eigenvalue weighted by Gasteiger charge is -2.21. The third-order valence-electron chi connectivity index (χ3n) is 4.71. The van der Waals surface area contributed by atoms with Crippen molar-refractivity contribution in [1.82, 2.24) is 14.9 Å². The Labute approximate surface area is 110 Å². The van der Waals surface area contributed by atoms with Crippen molar-refractivity contribution >= 4 is 0 Å². The summed E-state index contributed by atoms with van der Waals surface area (Å²) in [4.78, 5) is 4.49. The van der Waals surface area contributed by atoms with E-state index in [0.29, 0.717) is 6.04 Å². The predicted molar refractivity (Wildman–Crippen MR) is 73.1 cm³/mol. The molecule has 0 amide bonds. The van der Waals surface area contributed by atoms with E-state index in [1.54, 1.807) is 0 Å². The number of fused-ring (bicyclic) bond motifs is 2. The first-order chi connectivity index (χ1) is 8.70. The molecule has 0 saturated heterocycles. The van der Waals surface area contributed by atoms with Gasteiger partial charge in [0.15, 0.2) is 0 Å². The number of aromatic nitrogens is 2. The topological polar surface area (TPSA) is 29.9 Å². The molecule has 100 valence electrons. The summed E-state index contributed by atoms with van der Waals surface area (Å²) in [5, 5.41) is 3.42. The molecule has 3 atom stereocenters. The highest BCUT2D eigenvalue weighted by molar-refractivity contribution is 4.98. The minimum Gasteiger partial charge on any atom is -0.337 e. The number of nitrogens with one attached hydrogen (secondary N) is 1. The van der Waals surface area contributed by atoms with Crippen LogP contribution in [0.3, 0.4) is 0 Å². The van der Waals surface area contributed by atoms with Gasteiger partial charge in [-0.15, -0.1) is 0 Å². The van der Waals surface area contributed by atoms with Crippen LogP contribution < -0.4 is 5.32 Å². The summed E-state index contributed by atoms with van der Waals surface area (Å²) in [5.74, 6) is 2.98. The first-order valence-electron chi connectivity index (χ1n) is 7.44. The van der Waals surface area contributed by atoms with E-state index >= 15 is 0 Å². The molecule has 3 rings (SSSR count). The molecule has 0 aliphatic heterocycles. The van der Waals surface area contributed by atoms with Crippen molar-refractivity contribution in [3.8, 4) is 0 Å². The Morgan fingerprint density at radius 3 is 2.94 bits per heavy atom. The summed E-state index contributed by atoms with van der Waals surface area (Å²) >= 11 is 0. The Morgan fingerprint density at radius 2 is 2.28 bits per heavy atom. The van der Waals surface area contributed by atoms with Crippen molar-refractivity contribution in [2.75, 3.05) is 0 Å². The van der Waals surface area contributed by atoms with Crippen molar-refractivity contribution in [2.24, 2.45) is 17.8 Å². The molecule has 1 N–H and O–H groups in total. The molecule has 2 aliphatic rings. The van der Waals surface area contributed by atoms with Crippen LogP contribution >= 0.6 is 0 Å². The molecule has 0 radical (unpaired) electrons. The van der Waals surface area contributed by atoms with E-state index in [1.165, 1.54) is 37.9 Å². The van der Waals surface area contributed by atoms with E-state index in [1.807, 2.05) is 6.33 Å². The first kappa shape index (κ1) is 12.2. The molecule has 1 heterocycles. The second-order valence-corrected chi connectivity index (χ2v) is 6.53. The Hall–Kier alpha value is -0.830. The maximum absolute atomic E-state index is 4.49. The fourth-order valence-electron chi connectivity index (χ4n) is 3.78. The number of hydrogen-bond donors (Lipinski definition) is 1. The standard InChI is InChI=1S/C15H25N3/c1-11(2)16-7-15-9-18(10-17-15)8-14-6-12-3-4-13(14)5-12/h9-14,16H,3-8H2,1-2H3. The Morgan fingerprint density at radius 1 is 1.39 bits per heavy atom. The molecule has 3 nitrogen and oxygen atoms in total. The highest BCUT2D eigenvalue weighted by atomic mass is 15.1. The molecule has 1 aromatic heterocycles. The van der Waals surface area contributed by atoms with Gasteiger partial charge >= 0.3 is 0 Å².